The Morgan fingerprint density at radius 2 is 2.10 bits per heavy atom. The molecule has 1 rings (SSSR count). The van der Waals surface area contributed by atoms with Gasteiger partial charge in [0.15, 0.2) is 0 Å². The van der Waals surface area contributed by atoms with Crippen molar-refractivity contribution in [2.24, 2.45) is 0 Å². The highest BCUT2D eigenvalue weighted by Gasteiger charge is 2.33. The van der Waals surface area contributed by atoms with Crippen LogP contribution in [0, 0.1) is 11.3 Å². The zero-order valence-electron chi connectivity index (χ0n) is 11.1. The summed E-state index contributed by atoms with van der Waals surface area (Å²) in [6.45, 7) is 1.80. The first-order valence-electron chi connectivity index (χ1n) is 5.92. The summed E-state index contributed by atoms with van der Waals surface area (Å²) < 4.78 is 49.3. The Balaban J connectivity index is 2.88. The number of halogens is 3. The Morgan fingerprint density at radius 1 is 1.45 bits per heavy atom. The fourth-order valence-electron chi connectivity index (χ4n) is 1.67. The highest BCUT2D eigenvalue weighted by molar-refractivity contribution is 7.84. The molecular weight excluding hydrogens is 289 g/mol. The van der Waals surface area contributed by atoms with E-state index in [1.807, 2.05) is 0 Å². The van der Waals surface area contributed by atoms with E-state index in [1.165, 1.54) is 12.1 Å². The van der Waals surface area contributed by atoms with Crippen LogP contribution in [0.1, 0.15) is 24.5 Å². The van der Waals surface area contributed by atoms with Gasteiger partial charge < -0.3 is 5.32 Å². The van der Waals surface area contributed by atoms with Gasteiger partial charge in [-0.25, -0.2) is 0 Å². The van der Waals surface area contributed by atoms with Crippen molar-refractivity contribution >= 4 is 16.5 Å². The van der Waals surface area contributed by atoms with E-state index < -0.39 is 28.1 Å². The molecule has 0 aliphatic rings. The van der Waals surface area contributed by atoms with Gasteiger partial charge >= 0.3 is 6.18 Å². The lowest BCUT2D eigenvalue weighted by Gasteiger charge is -2.16. The van der Waals surface area contributed by atoms with Crippen LogP contribution in [-0.2, 0) is 17.0 Å². The molecular formula is C13H15F3N2OS. The van der Waals surface area contributed by atoms with Gasteiger partial charge in [0.1, 0.15) is 0 Å². The van der Waals surface area contributed by atoms with Crippen LogP contribution in [0.3, 0.4) is 0 Å². The molecule has 0 heterocycles. The summed E-state index contributed by atoms with van der Waals surface area (Å²) in [5.74, 6) is 0.483. The zero-order valence-corrected chi connectivity index (χ0v) is 11.9. The molecule has 1 aromatic rings. The second-order valence-electron chi connectivity index (χ2n) is 4.48. The number of nitrogens with one attached hydrogen (secondary N) is 1. The predicted octanol–water partition coefficient (Wildman–Crippen LogP) is 3.15. The number of hydrogen-bond donors (Lipinski definition) is 1. The quantitative estimate of drug-likeness (QED) is 0.909. The van der Waals surface area contributed by atoms with Gasteiger partial charge in [-0.15, -0.1) is 0 Å². The molecule has 7 heteroatoms. The smallest absolute Gasteiger partial charge is 0.383 e. The zero-order chi connectivity index (χ0) is 15.3. The summed E-state index contributed by atoms with van der Waals surface area (Å²) in [7, 11) is -0.931. The minimum Gasteiger partial charge on any atom is -0.383 e. The van der Waals surface area contributed by atoms with E-state index in [1.54, 1.807) is 13.2 Å². The van der Waals surface area contributed by atoms with Crippen LogP contribution in [0.25, 0.3) is 0 Å². The molecule has 0 saturated carbocycles. The summed E-state index contributed by atoms with van der Waals surface area (Å²) in [4.78, 5) is 0. The SMILES string of the molecule is CC(CCS(C)=O)Nc1ccc(C#N)c(C(F)(F)F)c1. The van der Waals surface area contributed by atoms with Gasteiger partial charge in [-0.1, -0.05) is 0 Å². The molecule has 0 bridgehead atoms. The average molecular weight is 304 g/mol. The Hall–Kier alpha value is -1.55. The van der Waals surface area contributed by atoms with Crippen LogP contribution >= 0.6 is 0 Å². The maximum atomic E-state index is 12.8. The Morgan fingerprint density at radius 3 is 2.60 bits per heavy atom. The average Bonchev–Trinajstić information content (AvgIpc) is 2.35. The molecule has 0 aliphatic heterocycles. The molecule has 0 amide bonds. The summed E-state index contributed by atoms with van der Waals surface area (Å²) in [6, 6.07) is 4.95. The molecule has 110 valence electrons. The second kappa shape index (κ2) is 6.75. The van der Waals surface area contributed by atoms with Gasteiger partial charge in [0.05, 0.1) is 17.2 Å². The topological polar surface area (TPSA) is 52.9 Å². The Labute approximate surface area is 118 Å². The van der Waals surface area contributed by atoms with E-state index in [9.17, 15) is 17.4 Å². The van der Waals surface area contributed by atoms with Crippen molar-refractivity contribution in [3.05, 3.63) is 29.3 Å². The molecule has 0 radical (unpaired) electrons. The largest absolute Gasteiger partial charge is 0.417 e. The maximum absolute atomic E-state index is 12.8. The van der Waals surface area contributed by atoms with Gasteiger partial charge in [-0.05, 0) is 31.5 Å². The highest BCUT2D eigenvalue weighted by Crippen LogP contribution is 2.33. The first-order chi connectivity index (χ1) is 9.24. The highest BCUT2D eigenvalue weighted by atomic mass is 32.2. The third-order valence-corrected chi connectivity index (χ3v) is 3.51. The Kier molecular flexibility index (Phi) is 5.57. The van der Waals surface area contributed by atoms with Crippen LogP contribution in [0.5, 0.6) is 0 Å². The van der Waals surface area contributed by atoms with Crippen LogP contribution < -0.4 is 5.32 Å². The lowest BCUT2D eigenvalue weighted by atomic mass is 10.1. The minimum atomic E-state index is -4.56. The lowest BCUT2D eigenvalue weighted by molar-refractivity contribution is -0.137. The fourth-order valence-corrected chi connectivity index (χ4v) is 2.35. The normalized spacial score (nSPS) is 14.4. The maximum Gasteiger partial charge on any atom is 0.417 e. The first-order valence-corrected chi connectivity index (χ1v) is 7.64. The number of alkyl halides is 3. The monoisotopic (exact) mass is 304 g/mol. The van der Waals surface area contributed by atoms with Crippen molar-refractivity contribution < 1.29 is 17.4 Å². The molecule has 0 spiro atoms. The van der Waals surface area contributed by atoms with E-state index in [2.05, 4.69) is 5.32 Å². The van der Waals surface area contributed by atoms with Crippen molar-refractivity contribution in [1.82, 2.24) is 0 Å². The summed E-state index contributed by atoms with van der Waals surface area (Å²) in [6.07, 6.45) is -2.39. The summed E-state index contributed by atoms with van der Waals surface area (Å²) >= 11 is 0. The van der Waals surface area contributed by atoms with Crippen molar-refractivity contribution in [1.29, 1.82) is 5.26 Å². The first kappa shape index (κ1) is 16.5. The van der Waals surface area contributed by atoms with Gasteiger partial charge in [0.2, 0.25) is 0 Å². The van der Waals surface area contributed by atoms with Crippen molar-refractivity contribution in [3.8, 4) is 6.07 Å². The molecule has 0 saturated heterocycles. The molecule has 1 N–H and O–H groups in total. The van der Waals surface area contributed by atoms with E-state index >= 15 is 0 Å². The second-order valence-corrected chi connectivity index (χ2v) is 6.04. The third-order valence-electron chi connectivity index (χ3n) is 2.70. The fraction of sp³-hybridized carbons (Fsp3) is 0.462. The molecule has 0 aromatic heterocycles. The minimum absolute atomic E-state index is 0.104. The number of nitrogens with zero attached hydrogens (tertiary/aromatic N) is 1. The van der Waals surface area contributed by atoms with Gasteiger partial charge in [-0.2, -0.15) is 18.4 Å². The standard InChI is InChI=1S/C13H15F3N2OS/c1-9(5-6-20(2)19)18-11-4-3-10(8-17)12(7-11)13(14,15)16/h3-4,7,9,18H,5-6H2,1-2H3. The van der Waals surface area contributed by atoms with Gasteiger partial charge in [0.25, 0.3) is 0 Å². The predicted molar refractivity (Wildman–Crippen MR) is 72.8 cm³/mol. The van der Waals surface area contributed by atoms with Crippen molar-refractivity contribution in [3.63, 3.8) is 0 Å². The van der Waals surface area contributed by atoms with Crippen LogP contribution in [0.2, 0.25) is 0 Å². The summed E-state index contributed by atoms with van der Waals surface area (Å²) in [5, 5.41) is 11.6. The van der Waals surface area contributed by atoms with Crippen molar-refractivity contribution in [2.75, 3.05) is 17.3 Å². The number of benzene rings is 1. The van der Waals surface area contributed by atoms with Gasteiger partial charge in [0, 0.05) is 34.5 Å². The molecule has 0 aliphatic carbocycles. The molecule has 2 atom stereocenters. The van der Waals surface area contributed by atoms with Crippen LogP contribution in [0.4, 0.5) is 18.9 Å². The van der Waals surface area contributed by atoms with E-state index in [0.717, 1.165) is 12.1 Å². The van der Waals surface area contributed by atoms with E-state index in [-0.39, 0.29) is 6.04 Å². The molecule has 20 heavy (non-hydrogen) atoms. The molecule has 0 fully saturated rings. The number of rotatable bonds is 5. The van der Waals surface area contributed by atoms with Crippen LogP contribution in [-0.4, -0.2) is 22.3 Å². The molecule has 3 nitrogen and oxygen atoms in total. The Bertz CT molecular complexity index is 537. The number of nitriles is 1. The van der Waals surface area contributed by atoms with Crippen molar-refractivity contribution in [2.45, 2.75) is 25.6 Å². The lowest BCUT2D eigenvalue weighted by Crippen LogP contribution is -2.18. The number of hydrogen-bond acceptors (Lipinski definition) is 3. The van der Waals surface area contributed by atoms with Gasteiger partial charge in [-0.3, -0.25) is 4.21 Å². The molecule has 1 aromatic carbocycles. The number of anilines is 1. The van der Waals surface area contributed by atoms with Crippen LogP contribution in [0.15, 0.2) is 18.2 Å². The molecule has 2 unspecified atom stereocenters. The van der Waals surface area contributed by atoms with E-state index in [4.69, 9.17) is 5.26 Å². The van der Waals surface area contributed by atoms with E-state index in [0.29, 0.717) is 17.9 Å². The third kappa shape index (κ3) is 4.85. The summed E-state index contributed by atoms with van der Waals surface area (Å²) in [5.41, 5.74) is -1.05.